The van der Waals surface area contributed by atoms with Crippen LogP contribution in [0.4, 0.5) is 15.8 Å². The molecular formula is C26H23FN2O3S. The lowest BCUT2D eigenvalue weighted by Gasteiger charge is -2.47. The van der Waals surface area contributed by atoms with Gasteiger partial charge in [-0.3, -0.25) is 10.1 Å². The summed E-state index contributed by atoms with van der Waals surface area (Å²) in [4.78, 5) is 14.0. The van der Waals surface area contributed by atoms with Gasteiger partial charge in [-0.2, -0.15) is 0 Å². The number of hydrogen-bond acceptors (Lipinski definition) is 5. The topological polar surface area (TPSA) is 55.6 Å². The molecule has 2 heterocycles. The average molecular weight is 463 g/mol. The Balaban J connectivity index is 1.68. The molecule has 168 valence electrons. The fraction of sp³-hybridized carbons (Fsp3) is 0.231. The molecule has 0 aliphatic carbocycles. The number of anilines is 1. The van der Waals surface area contributed by atoms with E-state index in [2.05, 4.69) is 30.9 Å². The van der Waals surface area contributed by atoms with Crippen molar-refractivity contribution in [1.29, 1.82) is 0 Å². The predicted molar refractivity (Wildman–Crippen MR) is 129 cm³/mol. The van der Waals surface area contributed by atoms with Crippen LogP contribution in [0.1, 0.15) is 30.5 Å². The number of halogens is 1. The fourth-order valence-electron chi connectivity index (χ4n) is 4.89. The molecule has 0 radical (unpaired) electrons. The number of non-ortho nitro benzene ring substituents is 1. The molecule has 2 aliphatic rings. The van der Waals surface area contributed by atoms with Crippen LogP contribution in [0, 0.1) is 15.9 Å². The summed E-state index contributed by atoms with van der Waals surface area (Å²) >= 11 is 1.42. The maximum absolute atomic E-state index is 13.5. The van der Waals surface area contributed by atoms with Gasteiger partial charge in [0.15, 0.2) is 0 Å². The van der Waals surface area contributed by atoms with E-state index in [9.17, 15) is 14.5 Å². The average Bonchev–Trinajstić information content (AvgIpc) is 2.98. The number of fused-ring (bicyclic) bond motifs is 2. The number of benzene rings is 3. The van der Waals surface area contributed by atoms with Crippen molar-refractivity contribution in [2.75, 3.05) is 11.2 Å². The van der Waals surface area contributed by atoms with Crippen LogP contribution in [0.15, 0.2) is 71.6 Å². The summed E-state index contributed by atoms with van der Waals surface area (Å²) in [5, 5.41) is 11.4. The van der Waals surface area contributed by atoms with Crippen LogP contribution >= 0.6 is 11.8 Å². The van der Waals surface area contributed by atoms with E-state index in [-0.39, 0.29) is 16.4 Å². The molecule has 0 aromatic heterocycles. The van der Waals surface area contributed by atoms with Gasteiger partial charge in [0.1, 0.15) is 11.6 Å². The Morgan fingerprint density at radius 2 is 1.85 bits per heavy atom. The first-order chi connectivity index (χ1) is 15.8. The summed E-state index contributed by atoms with van der Waals surface area (Å²) in [6.07, 6.45) is 5.82. The molecule has 0 saturated carbocycles. The molecule has 0 bridgehead atoms. The van der Waals surface area contributed by atoms with Crippen molar-refractivity contribution in [2.45, 2.75) is 36.4 Å². The Labute approximate surface area is 196 Å². The first-order valence-electron chi connectivity index (χ1n) is 10.6. The summed E-state index contributed by atoms with van der Waals surface area (Å²) in [6.45, 7) is 4.81. The molecule has 0 fully saturated rings. The number of thioether (sulfide) groups is 1. The Bertz CT molecular complexity index is 1290. The minimum absolute atomic E-state index is 0.0411. The molecule has 2 aliphatic heterocycles. The van der Waals surface area contributed by atoms with Crippen LogP contribution in [0.25, 0.3) is 6.08 Å². The van der Waals surface area contributed by atoms with Gasteiger partial charge in [-0.1, -0.05) is 30.3 Å². The zero-order chi connectivity index (χ0) is 23.4. The van der Waals surface area contributed by atoms with E-state index in [4.69, 9.17) is 4.74 Å². The molecule has 33 heavy (non-hydrogen) atoms. The van der Waals surface area contributed by atoms with Gasteiger partial charge in [-0.25, -0.2) is 4.39 Å². The smallest absolute Gasteiger partial charge is 0.271 e. The predicted octanol–water partition coefficient (Wildman–Crippen LogP) is 6.56. The van der Waals surface area contributed by atoms with Crippen molar-refractivity contribution in [2.24, 2.45) is 0 Å². The molecule has 1 unspecified atom stereocenters. The lowest BCUT2D eigenvalue weighted by molar-refractivity contribution is -0.385. The summed E-state index contributed by atoms with van der Waals surface area (Å²) < 4.78 is 20.4. The molecule has 1 atom stereocenters. The highest BCUT2D eigenvalue weighted by molar-refractivity contribution is 7.98. The van der Waals surface area contributed by atoms with Crippen molar-refractivity contribution in [3.63, 3.8) is 0 Å². The molecule has 7 heteroatoms. The zero-order valence-electron chi connectivity index (χ0n) is 18.5. The zero-order valence-corrected chi connectivity index (χ0v) is 19.4. The summed E-state index contributed by atoms with van der Waals surface area (Å²) in [7, 11) is 0. The molecular weight excluding hydrogens is 439 g/mol. The number of ether oxygens (including phenoxy) is 1. The second kappa shape index (κ2) is 7.63. The van der Waals surface area contributed by atoms with E-state index in [1.54, 1.807) is 24.3 Å². The number of hydrogen-bond donors (Lipinski definition) is 0. The third-order valence-electron chi connectivity index (χ3n) is 6.66. The van der Waals surface area contributed by atoms with Crippen LogP contribution in [0.2, 0.25) is 0 Å². The quantitative estimate of drug-likeness (QED) is 0.250. The van der Waals surface area contributed by atoms with Crippen molar-refractivity contribution in [3.05, 3.63) is 99.4 Å². The second-order valence-electron chi connectivity index (χ2n) is 8.81. The SMILES string of the molecule is CSc1cc([N+](=O)[O-])cc2c1OC1(C=C2)N(Cc2ccc(F)cc2)c2ccccc2C1(C)C. The first kappa shape index (κ1) is 21.5. The highest BCUT2D eigenvalue weighted by atomic mass is 32.2. The number of nitro benzene ring substituents is 1. The van der Waals surface area contributed by atoms with Gasteiger partial charge >= 0.3 is 0 Å². The molecule has 3 aromatic rings. The van der Waals surface area contributed by atoms with Crippen molar-refractivity contribution in [3.8, 4) is 5.75 Å². The molecule has 3 aromatic carbocycles. The highest BCUT2D eigenvalue weighted by Crippen LogP contribution is 2.56. The Kier molecular flexibility index (Phi) is 4.97. The van der Waals surface area contributed by atoms with Crippen molar-refractivity contribution >= 4 is 29.2 Å². The normalized spacial score (nSPS) is 19.8. The fourth-order valence-corrected chi connectivity index (χ4v) is 5.48. The Hall–Kier alpha value is -3.32. The minimum atomic E-state index is -0.862. The molecule has 0 saturated heterocycles. The van der Waals surface area contributed by atoms with Crippen LogP contribution in [0.3, 0.4) is 0 Å². The molecule has 5 nitrogen and oxygen atoms in total. The van der Waals surface area contributed by atoms with Gasteiger partial charge in [-0.15, -0.1) is 11.8 Å². The molecule has 5 rings (SSSR count). The van der Waals surface area contributed by atoms with Crippen LogP contribution in [-0.4, -0.2) is 16.9 Å². The summed E-state index contributed by atoms with van der Waals surface area (Å²) in [5.74, 6) is 0.366. The van der Waals surface area contributed by atoms with E-state index in [1.165, 1.54) is 23.9 Å². The van der Waals surface area contributed by atoms with E-state index < -0.39 is 11.1 Å². The first-order valence-corrected chi connectivity index (χ1v) is 11.9. The maximum atomic E-state index is 13.5. The van der Waals surface area contributed by atoms with Gasteiger partial charge in [0, 0.05) is 29.9 Å². The number of nitro groups is 1. The monoisotopic (exact) mass is 462 g/mol. The Morgan fingerprint density at radius 1 is 1.12 bits per heavy atom. The molecule has 1 spiro atoms. The molecule has 0 N–H and O–H groups in total. The summed E-state index contributed by atoms with van der Waals surface area (Å²) in [6, 6.07) is 17.8. The van der Waals surface area contributed by atoms with Crippen LogP contribution in [0.5, 0.6) is 5.75 Å². The van der Waals surface area contributed by atoms with Crippen LogP contribution in [-0.2, 0) is 12.0 Å². The van der Waals surface area contributed by atoms with Gasteiger partial charge in [0.2, 0.25) is 5.72 Å². The Morgan fingerprint density at radius 3 is 2.55 bits per heavy atom. The largest absolute Gasteiger partial charge is 0.462 e. The van der Waals surface area contributed by atoms with E-state index >= 15 is 0 Å². The third kappa shape index (κ3) is 3.22. The van der Waals surface area contributed by atoms with Gasteiger partial charge in [0.05, 0.1) is 15.2 Å². The minimum Gasteiger partial charge on any atom is -0.462 e. The van der Waals surface area contributed by atoms with Crippen molar-refractivity contribution < 1.29 is 14.1 Å². The second-order valence-corrected chi connectivity index (χ2v) is 9.66. The third-order valence-corrected chi connectivity index (χ3v) is 7.41. The molecule has 0 amide bonds. The standard InChI is InChI=1S/C26H23FN2O3S/c1-25(2)21-6-4-5-7-22(21)28(16-17-8-10-19(27)11-9-17)26(25)13-12-18-14-20(29(30)31)15-23(33-3)24(18)32-26/h4-15H,16H2,1-3H3. The highest BCUT2D eigenvalue weighted by Gasteiger charge is 2.59. The van der Waals surface area contributed by atoms with E-state index in [1.807, 2.05) is 30.5 Å². The number of rotatable bonds is 4. The lowest BCUT2D eigenvalue weighted by atomic mass is 9.76. The van der Waals surface area contributed by atoms with Crippen LogP contribution < -0.4 is 9.64 Å². The van der Waals surface area contributed by atoms with E-state index in [0.29, 0.717) is 17.9 Å². The van der Waals surface area contributed by atoms with Gasteiger partial charge in [0.25, 0.3) is 5.69 Å². The maximum Gasteiger partial charge on any atom is 0.271 e. The number of nitrogens with zero attached hydrogens (tertiary/aromatic N) is 2. The number of para-hydroxylation sites is 1. The van der Waals surface area contributed by atoms with Gasteiger partial charge < -0.3 is 9.64 Å². The summed E-state index contributed by atoms with van der Waals surface area (Å²) in [5.41, 5.74) is 2.58. The van der Waals surface area contributed by atoms with E-state index in [0.717, 1.165) is 21.7 Å². The lowest BCUT2D eigenvalue weighted by Crippen LogP contribution is -2.59. The van der Waals surface area contributed by atoms with Gasteiger partial charge in [-0.05, 0) is 61.6 Å². The van der Waals surface area contributed by atoms with Crippen molar-refractivity contribution in [1.82, 2.24) is 0 Å².